The van der Waals surface area contributed by atoms with Crippen LogP contribution in [0.5, 0.6) is 0 Å². The third-order valence-corrected chi connectivity index (χ3v) is 4.60. The van der Waals surface area contributed by atoms with Gasteiger partial charge < -0.3 is 10.4 Å². The lowest BCUT2D eigenvalue weighted by Crippen LogP contribution is -2.50. The molecule has 0 fully saturated rings. The summed E-state index contributed by atoms with van der Waals surface area (Å²) in [5, 5.41) is 14.7. The fraction of sp³-hybridized carbons (Fsp3) is 0.381. The molecule has 1 aliphatic rings. The molecule has 1 aliphatic heterocycles. The average Bonchev–Trinajstić information content (AvgIpc) is 2.85. The van der Waals surface area contributed by atoms with Crippen LogP contribution in [0.15, 0.2) is 65.7 Å². The third kappa shape index (κ3) is 4.04. The Balaban J connectivity index is 1.93. The van der Waals surface area contributed by atoms with Crippen LogP contribution in [-0.4, -0.2) is 23.2 Å². The van der Waals surface area contributed by atoms with Crippen LogP contribution in [0.4, 0.5) is 0 Å². The quantitative estimate of drug-likeness (QED) is 0.833. The maximum Gasteiger partial charge on any atom is 0.144 e. The molecule has 1 unspecified atom stereocenters. The van der Waals surface area contributed by atoms with Crippen molar-refractivity contribution in [3.05, 3.63) is 71.8 Å². The minimum atomic E-state index is -1.11. The lowest BCUT2D eigenvalue weighted by atomic mass is 9.83. The highest BCUT2D eigenvalue weighted by molar-refractivity contribution is 5.83. The molecule has 0 amide bonds. The molecule has 2 N–H and O–H groups in total. The molecule has 0 radical (unpaired) electrons. The standard InChI is InChI=1S/C21H26N2O/c1-21(24,23-19-15-9-4-10-16-22-19)20(17-11-5-2-6-12-17)18-13-7-3-8-14-18/h2-3,5-8,11-14,20,24H,4,9-10,15-16H2,1H3,(H,22,23). The summed E-state index contributed by atoms with van der Waals surface area (Å²) in [6.07, 6.45) is 4.38. The Morgan fingerprint density at radius 1 is 0.917 bits per heavy atom. The molecule has 3 rings (SSSR count). The molecule has 126 valence electrons. The number of hydrogen-bond acceptors (Lipinski definition) is 3. The molecule has 0 bridgehead atoms. The van der Waals surface area contributed by atoms with Gasteiger partial charge in [0, 0.05) is 13.0 Å². The lowest BCUT2D eigenvalue weighted by molar-refractivity contribution is 0.0269. The highest BCUT2D eigenvalue weighted by Crippen LogP contribution is 2.33. The Morgan fingerprint density at radius 2 is 1.50 bits per heavy atom. The molecule has 3 nitrogen and oxygen atoms in total. The van der Waals surface area contributed by atoms with Crippen molar-refractivity contribution < 1.29 is 5.11 Å². The highest BCUT2D eigenvalue weighted by Gasteiger charge is 2.35. The first kappa shape index (κ1) is 16.7. The van der Waals surface area contributed by atoms with Crippen molar-refractivity contribution in [2.24, 2.45) is 4.99 Å². The summed E-state index contributed by atoms with van der Waals surface area (Å²) in [6, 6.07) is 20.4. The predicted octanol–water partition coefficient (Wildman–Crippen LogP) is 4.09. The van der Waals surface area contributed by atoms with Gasteiger partial charge in [0.1, 0.15) is 5.72 Å². The first-order valence-corrected chi connectivity index (χ1v) is 8.80. The Hall–Kier alpha value is -2.13. The third-order valence-electron chi connectivity index (χ3n) is 4.60. The maximum atomic E-state index is 11.3. The fourth-order valence-corrected chi connectivity index (χ4v) is 3.47. The molecule has 1 atom stereocenters. The van der Waals surface area contributed by atoms with E-state index in [1.54, 1.807) is 0 Å². The van der Waals surface area contributed by atoms with Crippen LogP contribution in [0, 0.1) is 0 Å². The second-order valence-electron chi connectivity index (χ2n) is 6.67. The van der Waals surface area contributed by atoms with Crippen LogP contribution in [0.1, 0.15) is 49.7 Å². The van der Waals surface area contributed by atoms with Crippen molar-refractivity contribution in [3.8, 4) is 0 Å². The Morgan fingerprint density at radius 3 is 2.08 bits per heavy atom. The van der Waals surface area contributed by atoms with Crippen molar-refractivity contribution in [1.29, 1.82) is 0 Å². The summed E-state index contributed by atoms with van der Waals surface area (Å²) >= 11 is 0. The van der Waals surface area contributed by atoms with Crippen LogP contribution >= 0.6 is 0 Å². The summed E-state index contributed by atoms with van der Waals surface area (Å²) in [5.74, 6) is 0.764. The first-order valence-electron chi connectivity index (χ1n) is 8.80. The smallest absolute Gasteiger partial charge is 0.144 e. The number of benzene rings is 2. The topological polar surface area (TPSA) is 44.6 Å². The molecule has 0 saturated carbocycles. The van der Waals surface area contributed by atoms with E-state index in [1.807, 2.05) is 43.3 Å². The molecule has 0 saturated heterocycles. The van der Waals surface area contributed by atoms with Crippen molar-refractivity contribution in [2.75, 3.05) is 6.54 Å². The van der Waals surface area contributed by atoms with Gasteiger partial charge in [0.05, 0.1) is 11.8 Å². The van der Waals surface area contributed by atoms with Crippen LogP contribution in [0.2, 0.25) is 0 Å². The Labute approximate surface area is 144 Å². The molecule has 2 aromatic rings. The Bertz CT molecular complexity index is 625. The number of aliphatic imine (C=N–C) groups is 1. The molecule has 24 heavy (non-hydrogen) atoms. The van der Waals surface area contributed by atoms with Gasteiger partial charge in [-0.1, -0.05) is 67.1 Å². The van der Waals surface area contributed by atoms with E-state index < -0.39 is 5.72 Å². The molecular formula is C21H26N2O. The van der Waals surface area contributed by atoms with E-state index in [0.717, 1.165) is 42.8 Å². The van der Waals surface area contributed by atoms with Gasteiger partial charge in [-0.05, 0) is 30.9 Å². The molecule has 3 heteroatoms. The zero-order valence-electron chi connectivity index (χ0n) is 14.3. The number of amidine groups is 1. The first-order chi connectivity index (χ1) is 11.7. The SMILES string of the molecule is CC(O)(NC1=NCCCCC1)C(c1ccccc1)c1ccccc1. The number of aliphatic hydroxyl groups is 1. The second kappa shape index (κ2) is 7.63. The maximum absolute atomic E-state index is 11.3. The zero-order chi connectivity index (χ0) is 16.8. The van der Waals surface area contributed by atoms with Crippen LogP contribution in [0.3, 0.4) is 0 Å². The van der Waals surface area contributed by atoms with Gasteiger partial charge in [-0.2, -0.15) is 0 Å². The van der Waals surface area contributed by atoms with Gasteiger partial charge in [0.2, 0.25) is 0 Å². The van der Waals surface area contributed by atoms with Crippen LogP contribution in [0.25, 0.3) is 0 Å². The normalized spacial score (nSPS) is 17.7. The van der Waals surface area contributed by atoms with E-state index in [1.165, 1.54) is 6.42 Å². The monoisotopic (exact) mass is 322 g/mol. The molecule has 2 aromatic carbocycles. The molecule has 0 spiro atoms. The van der Waals surface area contributed by atoms with Gasteiger partial charge in [0.15, 0.2) is 0 Å². The number of hydrogen-bond donors (Lipinski definition) is 2. The van der Waals surface area contributed by atoms with E-state index in [2.05, 4.69) is 34.6 Å². The molecular weight excluding hydrogens is 296 g/mol. The lowest BCUT2D eigenvalue weighted by Gasteiger charge is -2.35. The van der Waals surface area contributed by atoms with E-state index in [4.69, 9.17) is 0 Å². The summed E-state index contributed by atoms with van der Waals surface area (Å²) in [5.41, 5.74) is 1.08. The summed E-state index contributed by atoms with van der Waals surface area (Å²) in [7, 11) is 0. The van der Waals surface area contributed by atoms with E-state index in [9.17, 15) is 5.11 Å². The van der Waals surface area contributed by atoms with Crippen LogP contribution < -0.4 is 5.32 Å². The number of nitrogens with zero attached hydrogens (tertiary/aromatic N) is 1. The predicted molar refractivity (Wildman–Crippen MR) is 99.3 cm³/mol. The number of rotatable bonds is 4. The van der Waals surface area contributed by atoms with Gasteiger partial charge in [-0.25, -0.2) is 0 Å². The minimum Gasteiger partial charge on any atom is -0.370 e. The van der Waals surface area contributed by atoms with Crippen molar-refractivity contribution in [1.82, 2.24) is 5.32 Å². The summed E-state index contributed by atoms with van der Waals surface area (Å²) < 4.78 is 0. The summed E-state index contributed by atoms with van der Waals surface area (Å²) in [6.45, 7) is 2.70. The average molecular weight is 322 g/mol. The zero-order valence-corrected chi connectivity index (χ0v) is 14.3. The Kier molecular flexibility index (Phi) is 5.31. The van der Waals surface area contributed by atoms with Gasteiger partial charge in [-0.15, -0.1) is 0 Å². The fourth-order valence-electron chi connectivity index (χ4n) is 3.47. The summed E-state index contributed by atoms with van der Waals surface area (Å²) in [4.78, 5) is 4.62. The van der Waals surface area contributed by atoms with Gasteiger partial charge in [0.25, 0.3) is 0 Å². The van der Waals surface area contributed by atoms with Crippen molar-refractivity contribution in [2.45, 2.75) is 44.2 Å². The van der Waals surface area contributed by atoms with E-state index in [0.29, 0.717) is 0 Å². The van der Waals surface area contributed by atoms with Gasteiger partial charge in [-0.3, -0.25) is 4.99 Å². The second-order valence-corrected chi connectivity index (χ2v) is 6.67. The number of nitrogens with one attached hydrogen (secondary N) is 1. The largest absolute Gasteiger partial charge is 0.370 e. The molecule has 0 aromatic heterocycles. The van der Waals surface area contributed by atoms with E-state index in [-0.39, 0.29) is 5.92 Å². The van der Waals surface area contributed by atoms with Crippen LogP contribution in [-0.2, 0) is 0 Å². The van der Waals surface area contributed by atoms with Crippen molar-refractivity contribution >= 4 is 5.84 Å². The molecule has 1 heterocycles. The minimum absolute atomic E-state index is 0.161. The highest BCUT2D eigenvalue weighted by atomic mass is 16.3. The van der Waals surface area contributed by atoms with Gasteiger partial charge >= 0.3 is 0 Å². The van der Waals surface area contributed by atoms with E-state index >= 15 is 0 Å². The molecule has 0 aliphatic carbocycles. The van der Waals surface area contributed by atoms with Crippen molar-refractivity contribution in [3.63, 3.8) is 0 Å².